The molecule has 0 aromatic rings. The molecular weight excluding hydrogens is 336 g/mol. The zero-order valence-corrected chi connectivity index (χ0v) is 19.3. The first-order valence-electron chi connectivity index (χ1n) is 11.2. The molecule has 0 fully saturated rings. The second-order valence-electron chi connectivity index (χ2n) is 7.91. The van der Waals surface area contributed by atoms with Gasteiger partial charge in [-0.05, 0) is 61.4 Å². The van der Waals surface area contributed by atoms with E-state index in [1.165, 1.54) is 68.0 Å². The Morgan fingerprint density at radius 2 is 1.69 bits per heavy atom. The van der Waals surface area contributed by atoms with Gasteiger partial charge in [0, 0.05) is 18.9 Å². The predicted molar refractivity (Wildman–Crippen MR) is 117 cm³/mol. The summed E-state index contributed by atoms with van der Waals surface area (Å²) in [6.45, 7) is 17.5. The number of hydrogen-bond donors (Lipinski definition) is 0. The van der Waals surface area contributed by atoms with Gasteiger partial charge in [-0.3, -0.25) is 0 Å². The molecule has 3 heteroatoms. The molecule has 1 aliphatic rings. The van der Waals surface area contributed by atoms with Crippen molar-refractivity contribution < 1.29 is 9.16 Å². The lowest BCUT2D eigenvalue weighted by Gasteiger charge is -2.36. The van der Waals surface area contributed by atoms with Crippen molar-refractivity contribution in [2.24, 2.45) is 5.92 Å². The van der Waals surface area contributed by atoms with Gasteiger partial charge in [-0.2, -0.15) is 0 Å². The van der Waals surface area contributed by atoms with Crippen LogP contribution in [0.1, 0.15) is 86.0 Å². The molecule has 0 spiro atoms. The minimum Gasteiger partial charge on any atom is -0.547 e. The van der Waals surface area contributed by atoms with Crippen molar-refractivity contribution in [3.63, 3.8) is 0 Å². The maximum Gasteiger partial charge on any atom is 0.250 e. The average Bonchev–Trinajstić information content (AvgIpc) is 2.68. The van der Waals surface area contributed by atoms with Crippen LogP contribution in [0.2, 0.25) is 18.1 Å². The van der Waals surface area contributed by atoms with Gasteiger partial charge in [0.15, 0.2) is 0 Å². The van der Waals surface area contributed by atoms with E-state index in [0.717, 1.165) is 19.4 Å². The molecule has 152 valence electrons. The molecule has 0 N–H and O–H groups in total. The molecule has 0 saturated heterocycles. The Balaban J connectivity index is 2.96. The van der Waals surface area contributed by atoms with Crippen LogP contribution in [0.4, 0.5) is 0 Å². The third-order valence-electron chi connectivity index (χ3n) is 6.17. The normalized spacial score (nSPS) is 18.3. The molecule has 1 atom stereocenters. The first kappa shape index (κ1) is 23.5. The summed E-state index contributed by atoms with van der Waals surface area (Å²) in [5, 5.41) is 0. The lowest BCUT2D eigenvalue weighted by atomic mass is 9.80. The Morgan fingerprint density at radius 1 is 1.04 bits per heavy atom. The van der Waals surface area contributed by atoms with E-state index < -0.39 is 8.32 Å². The first-order chi connectivity index (χ1) is 12.6. The topological polar surface area (TPSA) is 18.5 Å². The van der Waals surface area contributed by atoms with E-state index >= 15 is 0 Å². The summed E-state index contributed by atoms with van der Waals surface area (Å²) in [4.78, 5) is 0. The summed E-state index contributed by atoms with van der Waals surface area (Å²) >= 11 is 0. The Hall–Kier alpha value is -0.543. The van der Waals surface area contributed by atoms with Crippen molar-refractivity contribution in [1.29, 1.82) is 0 Å². The second kappa shape index (κ2) is 12.8. The van der Waals surface area contributed by atoms with Gasteiger partial charge in [-0.15, -0.1) is 0 Å². The van der Waals surface area contributed by atoms with Crippen LogP contribution in [0, 0.1) is 5.92 Å². The zero-order valence-electron chi connectivity index (χ0n) is 18.3. The molecule has 0 aromatic carbocycles. The van der Waals surface area contributed by atoms with Crippen LogP contribution in [0.25, 0.3) is 0 Å². The third-order valence-corrected chi connectivity index (χ3v) is 10.7. The Kier molecular flexibility index (Phi) is 11.5. The SMILES string of the molecule is C=C(COCCCC)[C@H]1CCCC(O[Si](CC)(CC)CC)=C1CCCC. The van der Waals surface area contributed by atoms with Crippen molar-refractivity contribution in [3.05, 3.63) is 23.5 Å². The van der Waals surface area contributed by atoms with Gasteiger partial charge in [0.1, 0.15) is 0 Å². The van der Waals surface area contributed by atoms with E-state index in [4.69, 9.17) is 9.16 Å². The fourth-order valence-corrected chi connectivity index (χ4v) is 6.71. The van der Waals surface area contributed by atoms with Crippen LogP contribution in [0.5, 0.6) is 0 Å². The maximum atomic E-state index is 6.90. The van der Waals surface area contributed by atoms with Crippen LogP contribution in [-0.4, -0.2) is 21.5 Å². The van der Waals surface area contributed by atoms with Crippen LogP contribution < -0.4 is 0 Å². The van der Waals surface area contributed by atoms with Gasteiger partial charge in [-0.25, -0.2) is 0 Å². The van der Waals surface area contributed by atoms with E-state index in [9.17, 15) is 0 Å². The van der Waals surface area contributed by atoms with Crippen molar-refractivity contribution in [2.75, 3.05) is 13.2 Å². The quantitative estimate of drug-likeness (QED) is 0.175. The predicted octanol–water partition coefficient (Wildman–Crippen LogP) is 7.63. The van der Waals surface area contributed by atoms with Gasteiger partial charge in [0.05, 0.1) is 12.4 Å². The lowest BCUT2D eigenvalue weighted by molar-refractivity contribution is 0.146. The Morgan fingerprint density at radius 3 is 2.27 bits per heavy atom. The molecule has 0 heterocycles. The highest BCUT2D eigenvalue weighted by molar-refractivity contribution is 6.73. The highest BCUT2D eigenvalue weighted by atomic mass is 28.4. The summed E-state index contributed by atoms with van der Waals surface area (Å²) < 4.78 is 12.8. The number of unbranched alkanes of at least 4 members (excludes halogenated alkanes) is 2. The van der Waals surface area contributed by atoms with Crippen LogP contribution >= 0.6 is 0 Å². The molecule has 0 amide bonds. The number of ether oxygens (including phenoxy) is 1. The largest absolute Gasteiger partial charge is 0.547 e. The van der Waals surface area contributed by atoms with E-state index in [0.29, 0.717) is 12.5 Å². The minimum atomic E-state index is -1.61. The minimum absolute atomic E-state index is 0.476. The highest BCUT2D eigenvalue weighted by Gasteiger charge is 2.34. The molecule has 0 bridgehead atoms. The van der Waals surface area contributed by atoms with E-state index in [1.807, 2.05) is 0 Å². The van der Waals surface area contributed by atoms with Crippen molar-refractivity contribution in [3.8, 4) is 0 Å². The summed E-state index contributed by atoms with van der Waals surface area (Å²) in [5.74, 6) is 1.82. The van der Waals surface area contributed by atoms with Crippen LogP contribution in [-0.2, 0) is 9.16 Å². The molecule has 0 saturated carbocycles. The van der Waals surface area contributed by atoms with Gasteiger partial charge >= 0.3 is 0 Å². The highest BCUT2D eigenvalue weighted by Crippen LogP contribution is 2.40. The standard InChI is InChI=1S/C23H44O2Si/c1-7-12-15-22-21(20(6)19-24-18-13-8-2)16-14-17-23(22)25-26(9-3,10-4)11-5/h21H,6-19H2,1-5H3/t21-/m1/s1. The number of allylic oxidation sites excluding steroid dienone is 2. The molecule has 0 aromatic heterocycles. The van der Waals surface area contributed by atoms with Gasteiger partial charge < -0.3 is 9.16 Å². The van der Waals surface area contributed by atoms with Crippen molar-refractivity contribution >= 4 is 8.32 Å². The summed E-state index contributed by atoms with van der Waals surface area (Å²) in [6.07, 6.45) is 9.57. The van der Waals surface area contributed by atoms with Gasteiger partial charge in [0.2, 0.25) is 8.32 Å². The monoisotopic (exact) mass is 380 g/mol. The molecule has 26 heavy (non-hydrogen) atoms. The molecule has 1 aliphatic carbocycles. The number of rotatable bonds is 14. The molecule has 1 rings (SSSR count). The number of hydrogen-bond acceptors (Lipinski definition) is 2. The molecule has 0 unspecified atom stereocenters. The fraction of sp³-hybridized carbons (Fsp3) is 0.826. The Labute approximate surface area is 164 Å². The van der Waals surface area contributed by atoms with E-state index in [-0.39, 0.29) is 0 Å². The van der Waals surface area contributed by atoms with E-state index in [2.05, 4.69) is 41.2 Å². The smallest absolute Gasteiger partial charge is 0.250 e. The summed E-state index contributed by atoms with van der Waals surface area (Å²) in [6, 6.07) is 3.66. The molecule has 0 radical (unpaired) electrons. The van der Waals surface area contributed by atoms with Gasteiger partial charge in [0.25, 0.3) is 0 Å². The van der Waals surface area contributed by atoms with E-state index in [1.54, 1.807) is 5.57 Å². The van der Waals surface area contributed by atoms with Crippen molar-refractivity contribution in [1.82, 2.24) is 0 Å². The second-order valence-corrected chi connectivity index (χ2v) is 12.6. The maximum absolute atomic E-state index is 6.90. The zero-order chi connectivity index (χ0) is 19.4. The average molecular weight is 381 g/mol. The molecule has 0 aliphatic heterocycles. The summed E-state index contributed by atoms with van der Waals surface area (Å²) in [5.41, 5.74) is 2.83. The van der Waals surface area contributed by atoms with Crippen molar-refractivity contribution in [2.45, 2.75) is 104 Å². The Bertz CT molecular complexity index is 429. The lowest BCUT2D eigenvalue weighted by Crippen LogP contribution is -2.36. The first-order valence-corrected chi connectivity index (χ1v) is 13.8. The van der Waals surface area contributed by atoms with Crippen LogP contribution in [0.3, 0.4) is 0 Å². The molecular formula is C23H44O2Si. The van der Waals surface area contributed by atoms with Gasteiger partial charge in [-0.1, -0.05) is 54.0 Å². The molecule has 2 nitrogen and oxygen atoms in total. The van der Waals surface area contributed by atoms with Crippen LogP contribution in [0.15, 0.2) is 23.5 Å². The fourth-order valence-electron chi connectivity index (χ4n) is 4.02. The summed E-state index contributed by atoms with van der Waals surface area (Å²) in [7, 11) is -1.61. The third kappa shape index (κ3) is 6.88.